The summed E-state index contributed by atoms with van der Waals surface area (Å²) in [5, 5.41) is 0. The van der Waals surface area contributed by atoms with Crippen molar-refractivity contribution in [1.29, 1.82) is 0 Å². The lowest BCUT2D eigenvalue weighted by atomic mass is 10.0. The van der Waals surface area contributed by atoms with E-state index in [1.165, 1.54) is 12.1 Å². The summed E-state index contributed by atoms with van der Waals surface area (Å²) in [6, 6.07) is 4.28. The van der Waals surface area contributed by atoms with E-state index in [1.54, 1.807) is 6.92 Å². The van der Waals surface area contributed by atoms with Crippen LogP contribution >= 0.6 is 0 Å². The number of alkyl halides is 3. The molecule has 2 rings (SSSR count). The first-order valence-electron chi connectivity index (χ1n) is 6.32. The predicted octanol–water partition coefficient (Wildman–Crippen LogP) is 3.22. The van der Waals surface area contributed by atoms with E-state index < -0.39 is 17.8 Å². The largest absolute Gasteiger partial charge is 0.464 e. The molecule has 0 bridgehead atoms. The zero-order chi connectivity index (χ0) is 14.8. The van der Waals surface area contributed by atoms with Crippen LogP contribution < -0.4 is 0 Å². The van der Waals surface area contributed by atoms with E-state index in [0.29, 0.717) is 30.7 Å². The van der Waals surface area contributed by atoms with Crippen LogP contribution in [-0.2, 0) is 15.7 Å². The molecule has 0 aromatic heterocycles. The van der Waals surface area contributed by atoms with Gasteiger partial charge in [0.25, 0.3) is 0 Å². The van der Waals surface area contributed by atoms with Crippen LogP contribution in [0, 0.1) is 0 Å². The summed E-state index contributed by atoms with van der Waals surface area (Å²) < 4.78 is 42.3. The minimum Gasteiger partial charge on any atom is -0.464 e. The molecule has 0 radical (unpaired) electrons. The third-order valence-electron chi connectivity index (χ3n) is 3.07. The minimum atomic E-state index is -4.34. The van der Waals surface area contributed by atoms with Gasteiger partial charge in [-0.1, -0.05) is 12.1 Å². The maximum absolute atomic E-state index is 12.5. The van der Waals surface area contributed by atoms with Crippen molar-refractivity contribution >= 4 is 11.7 Å². The molecule has 108 valence electrons. The molecule has 6 heteroatoms. The Morgan fingerprint density at radius 1 is 1.35 bits per heavy atom. The lowest BCUT2D eigenvalue weighted by Gasteiger charge is -2.07. The molecule has 1 heterocycles. The molecule has 0 saturated carbocycles. The summed E-state index contributed by atoms with van der Waals surface area (Å²) in [4.78, 5) is 15.8. The van der Waals surface area contributed by atoms with Gasteiger partial charge in [-0.25, -0.2) is 4.79 Å². The molecule has 0 spiro atoms. The van der Waals surface area contributed by atoms with Crippen molar-refractivity contribution < 1.29 is 22.7 Å². The van der Waals surface area contributed by atoms with E-state index in [1.807, 2.05) is 0 Å². The minimum absolute atomic E-state index is 0.292. The van der Waals surface area contributed by atoms with E-state index in [4.69, 9.17) is 4.74 Å². The molecule has 1 atom stereocenters. The summed E-state index contributed by atoms with van der Waals surface area (Å²) in [6.07, 6.45) is -3.24. The smallest absolute Gasteiger partial charge is 0.416 e. The molecule has 0 unspecified atom stereocenters. The van der Waals surface area contributed by atoms with Crippen LogP contribution in [0.1, 0.15) is 30.9 Å². The van der Waals surface area contributed by atoms with Crippen LogP contribution in [0.3, 0.4) is 0 Å². The monoisotopic (exact) mass is 285 g/mol. The van der Waals surface area contributed by atoms with E-state index >= 15 is 0 Å². The molecular weight excluding hydrogens is 271 g/mol. The molecule has 0 saturated heterocycles. The molecular formula is C14H14F3NO2. The first-order valence-corrected chi connectivity index (χ1v) is 6.32. The highest BCUT2D eigenvalue weighted by Gasteiger charge is 2.31. The summed E-state index contributed by atoms with van der Waals surface area (Å²) in [6.45, 7) is 2.01. The van der Waals surface area contributed by atoms with Crippen molar-refractivity contribution in [1.82, 2.24) is 0 Å². The van der Waals surface area contributed by atoms with Crippen molar-refractivity contribution in [2.24, 2.45) is 4.99 Å². The summed E-state index contributed by atoms with van der Waals surface area (Å²) in [7, 11) is 0. The quantitative estimate of drug-likeness (QED) is 0.800. The van der Waals surface area contributed by atoms with Crippen LogP contribution in [0.2, 0.25) is 0 Å². The van der Waals surface area contributed by atoms with Crippen molar-refractivity contribution in [3.8, 4) is 0 Å². The zero-order valence-corrected chi connectivity index (χ0v) is 10.9. The highest BCUT2D eigenvalue weighted by molar-refractivity contribution is 6.03. The number of aliphatic imine (C=N–C) groups is 1. The molecule has 1 aliphatic rings. The number of halogens is 3. The van der Waals surface area contributed by atoms with Gasteiger partial charge in [0.15, 0.2) is 0 Å². The third kappa shape index (κ3) is 3.18. The summed E-state index contributed by atoms with van der Waals surface area (Å²) in [5.41, 5.74) is 0.573. The van der Waals surface area contributed by atoms with E-state index in [0.717, 1.165) is 12.1 Å². The average molecular weight is 285 g/mol. The van der Waals surface area contributed by atoms with Gasteiger partial charge in [-0.05, 0) is 37.5 Å². The highest BCUT2D eigenvalue weighted by Crippen LogP contribution is 2.30. The number of ether oxygens (including phenoxy) is 1. The fraction of sp³-hybridized carbons (Fsp3) is 0.429. The van der Waals surface area contributed by atoms with Crippen LogP contribution in [0.15, 0.2) is 29.3 Å². The van der Waals surface area contributed by atoms with Crippen molar-refractivity contribution in [2.45, 2.75) is 32.0 Å². The van der Waals surface area contributed by atoms with Gasteiger partial charge >= 0.3 is 12.1 Å². The van der Waals surface area contributed by atoms with Crippen LogP contribution in [-0.4, -0.2) is 24.3 Å². The Hall–Kier alpha value is -1.85. The van der Waals surface area contributed by atoms with Crippen LogP contribution in [0.4, 0.5) is 13.2 Å². The number of nitrogens with zero attached hydrogens (tertiary/aromatic N) is 1. The molecule has 20 heavy (non-hydrogen) atoms. The van der Waals surface area contributed by atoms with Crippen molar-refractivity contribution in [3.63, 3.8) is 0 Å². The Balaban J connectivity index is 2.13. The Bertz CT molecular complexity index is 520. The summed E-state index contributed by atoms with van der Waals surface area (Å²) in [5.74, 6) is -0.380. The lowest BCUT2D eigenvalue weighted by molar-refractivity contribution is -0.144. The third-order valence-corrected chi connectivity index (χ3v) is 3.07. The van der Waals surface area contributed by atoms with Crippen molar-refractivity contribution in [3.05, 3.63) is 35.4 Å². The Kier molecular flexibility index (Phi) is 4.11. The topological polar surface area (TPSA) is 38.7 Å². The molecule has 0 fully saturated rings. The van der Waals surface area contributed by atoms with Crippen molar-refractivity contribution in [2.75, 3.05) is 6.61 Å². The van der Waals surface area contributed by atoms with E-state index in [-0.39, 0.29) is 5.97 Å². The second kappa shape index (κ2) is 5.64. The van der Waals surface area contributed by atoms with Gasteiger partial charge in [0.05, 0.1) is 12.2 Å². The second-order valence-corrected chi connectivity index (χ2v) is 4.46. The maximum Gasteiger partial charge on any atom is 0.416 e. The SMILES string of the molecule is CCOC(=O)[C@@H]1CCC(c2ccc(C(F)(F)F)cc2)=N1. The Morgan fingerprint density at radius 3 is 2.55 bits per heavy atom. The molecule has 1 aromatic rings. The average Bonchev–Trinajstić information content (AvgIpc) is 2.88. The summed E-state index contributed by atoms with van der Waals surface area (Å²) >= 11 is 0. The van der Waals surface area contributed by atoms with Gasteiger partial charge in [-0.3, -0.25) is 4.99 Å². The fourth-order valence-electron chi connectivity index (χ4n) is 2.07. The second-order valence-electron chi connectivity index (χ2n) is 4.46. The number of carbonyl (C=O) groups excluding carboxylic acids is 1. The number of benzene rings is 1. The first kappa shape index (κ1) is 14.6. The standard InChI is InChI=1S/C14H14F3NO2/c1-2-20-13(19)12-8-7-11(18-12)9-3-5-10(6-4-9)14(15,16)17/h3-6,12H,2,7-8H2,1H3/t12-/m0/s1. The number of rotatable bonds is 3. The van der Waals surface area contributed by atoms with Gasteiger partial charge in [0, 0.05) is 5.71 Å². The lowest BCUT2D eigenvalue weighted by Crippen LogP contribution is -2.18. The van der Waals surface area contributed by atoms with Gasteiger partial charge in [-0.15, -0.1) is 0 Å². The molecule has 1 aromatic carbocycles. The van der Waals surface area contributed by atoms with Gasteiger partial charge in [0.1, 0.15) is 6.04 Å². The molecule has 0 amide bonds. The number of hydrogen-bond donors (Lipinski definition) is 0. The van der Waals surface area contributed by atoms with E-state index in [9.17, 15) is 18.0 Å². The van der Waals surface area contributed by atoms with Crippen LogP contribution in [0.5, 0.6) is 0 Å². The highest BCUT2D eigenvalue weighted by atomic mass is 19.4. The Labute approximate surface area is 114 Å². The van der Waals surface area contributed by atoms with Gasteiger partial charge < -0.3 is 4.74 Å². The zero-order valence-electron chi connectivity index (χ0n) is 10.9. The number of hydrogen-bond acceptors (Lipinski definition) is 3. The van der Waals surface area contributed by atoms with Gasteiger partial charge in [0.2, 0.25) is 0 Å². The first-order chi connectivity index (χ1) is 9.41. The molecule has 0 N–H and O–H groups in total. The van der Waals surface area contributed by atoms with Gasteiger partial charge in [-0.2, -0.15) is 13.2 Å². The molecule has 3 nitrogen and oxygen atoms in total. The fourth-order valence-corrected chi connectivity index (χ4v) is 2.07. The molecule has 1 aliphatic heterocycles. The van der Waals surface area contributed by atoms with E-state index in [2.05, 4.69) is 4.99 Å². The number of carbonyl (C=O) groups is 1. The predicted molar refractivity (Wildman–Crippen MR) is 67.6 cm³/mol. The van der Waals surface area contributed by atoms with Crippen LogP contribution in [0.25, 0.3) is 0 Å². The Morgan fingerprint density at radius 2 is 2.00 bits per heavy atom. The molecule has 0 aliphatic carbocycles. The number of esters is 1. The normalized spacial score (nSPS) is 18.8. The maximum atomic E-state index is 12.5.